The summed E-state index contributed by atoms with van der Waals surface area (Å²) in [7, 11) is 0. The highest BCUT2D eigenvalue weighted by atomic mass is 16.3. The first-order valence-electron chi connectivity index (χ1n) is 6.12. The number of nitrogens with zero attached hydrogens (tertiary/aromatic N) is 1. The van der Waals surface area contributed by atoms with Crippen LogP contribution in [0, 0.1) is 6.92 Å². The third kappa shape index (κ3) is 3.42. The smallest absolute Gasteiger partial charge is 0.225 e. The van der Waals surface area contributed by atoms with Crippen LogP contribution in [0.25, 0.3) is 11.5 Å². The van der Waals surface area contributed by atoms with E-state index in [1.807, 2.05) is 25.1 Å². The van der Waals surface area contributed by atoms with Crippen molar-refractivity contribution in [2.75, 3.05) is 5.32 Å². The Morgan fingerprint density at radius 1 is 1.53 bits per heavy atom. The SMILES string of the molecule is Cc1ccc(-c2ncco2)cc1NC(=O)CC(C)N. The van der Waals surface area contributed by atoms with Gasteiger partial charge in [0.1, 0.15) is 6.26 Å². The molecule has 0 aliphatic heterocycles. The number of hydrogen-bond donors (Lipinski definition) is 2. The zero-order valence-electron chi connectivity index (χ0n) is 11.0. The summed E-state index contributed by atoms with van der Waals surface area (Å²) >= 11 is 0. The van der Waals surface area contributed by atoms with E-state index in [1.54, 1.807) is 13.1 Å². The fourth-order valence-electron chi connectivity index (χ4n) is 1.75. The quantitative estimate of drug-likeness (QED) is 0.883. The second-order valence-corrected chi connectivity index (χ2v) is 4.60. The van der Waals surface area contributed by atoms with E-state index < -0.39 is 0 Å². The number of benzene rings is 1. The molecule has 3 N–H and O–H groups in total. The van der Waals surface area contributed by atoms with Crippen molar-refractivity contribution in [3.63, 3.8) is 0 Å². The van der Waals surface area contributed by atoms with E-state index >= 15 is 0 Å². The van der Waals surface area contributed by atoms with E-state index in [0.717, 1.165) is 16.8 Å². The van der Waals surface area contributed by atoms with Crippen molar-refractivity contribution in [1.29, 1.82) is 0 Å². The van der Waals surface area contributed by atoms with Crippen molar-refractivity contribution in [3.8, 4) is 11.5 Å². The highest BCUT2D eigenvalue weighted by Crippen LogP contribution is 2.24. The normalized spacial score (nSPS) is 12.2. The van der Waals surface area contributed by atoms with Gasteiger partial charge in [-0.2, -0.15) is 0 Å². The molecular formula is C14H17N3O2. The average Bonchev–Trinajstić information content (AvgIpc) is 2.84. The molecular weight excluding hydrogens is 242 g/mol. The molecule has 1 aromatic heterocycles. The Kier molecular flexibility index (Phi) is 3.97. The van der Waals surface area contributed by atoms with Gasteiger partial charge in [0.2, 0.25) is 11.8 Å². The van der Waals surface area contributed by atoms with Crippen molar-refractivity contribution in [3.05, 3.63) is 36.2 Å². The number of hydrogen-bond acceptors (Lipinski definition) is 4. The molecule has 1 unspecified atom stereocenters. The summed E-state index contributed by atoms with van der Waals surface area (Å²) < 4.78 is 5.24. The summed E-state index contributed by atoms with van der Waals surface area (Å²) in [5, 5.41) is 2.86. The van der Waals surface area contributed by atoms with Gasteiger partial charge in [-0.05, 0) is 31.5 Å². The predicted octanol–water partition coefficient (Wildman–Crippen LogP) is 2.33. The van der Waals surface area contributed by atoms with Gasteiger partial charge in [-0.25, -0.2) is 4.98 Å². The second-order valence-electron chi connectivity index (χ2n) is 4.60. The summed E-state index contributed by atoms with van der Waals surface area (Å²) in [6, 6.07) is 5.51. The van der Waals surface area contributed by atoms with Crippen molar-refractivity contribution < 1.29 is 9.21 Å². The lowest BCUT2D eigenvalue weighted by molar-refractivity contribution is -0.116. The van der Waals surface area contributed by atoms with Gasteiger partial charge in [-0.1, -0.05) is 6.07 Å². The van der Waals surface area contributed by atoms with Crippen LogP contribution in [0.3, 0.4) is 0 Å². The Balaban J connectivity index is 2.20. The van der Waals surface area contributed by atoms with Crippen LogP contribution in [0.15, 0.2) is 35.1 Å². The fraction of sp³-hybridized carbons (Fsp3) is 0.286. The minimum Gasteiger partial charge on any atom is -0.445 e. The molecule has 1 heterocycles. The van der Waals surface area contributed by atoms with E-state index in [2.05, 4.69) is 10.3 Å². The van der Waals surface area contributed by atoms with Crippen LogP contribution in [-0.2, 0) is 4.79 Å². The molecule has 100 valence electrons. The highest BCUT2D eigenvalue weighted by molar-refractivity contribution is 5.92. The number of nitrogens with two attached hydrogens (primary N) is 1. The number of amides is 1. The zero-order valence-corrected chi connectivity index (χ0v) is 11.0. The Morgan fingerprint density at radius 2 is 2.32 bits per heavy atom. The molecule has 0 fully saturated rings. The number of oxazole rings is 1. The van der Waals surface area contributed by atoms with Crippen molar-refractivity contribution in [2.45, 2.75) is 26.3 Å². The minimum atomic E-state index is -0.157. The summed E-state index contributed by atoms with van der Waals surface area (Å²) in [4.78, 5) is 15.8. The molecule has 1 amide bonds. The lowest BCUT2D eigenvalue weighted by Gasteiger charge is -2.10. The highest BCUT2D eigenvalue weighted by Gasteiger charge is 2.10. The number of rotatable bonds is 4. The van der Waals surface area contributed by atoms with Crippen LogP contribution >= 0.6 is 0 Å². The molecule has 0 aliphatic rings. The maximum atomic E-state index is 11.7. The molecule has 0 saturated carbocycles. The molecule has 0 bridgehead atoms. The van der Waals surface area contributed by atoms with Gasteiger partial charge in [0.05, 0.1) is 6.20 Å². The second kappa shape index (κ2) is 5.67. The van der Waals surface area contributed by atoms with Gasteiger partial charge in [-0.15, -0.1) is 0 Å². The summed E-state index contributed by atoms with van der Waals surface area (Å²) in [5.41, 5.74) is 8.16. The summed E-state index contributed by atoms with van der Waals surface area (Å²) in [6.07, 6.45) is 3.40. The summed E-state index contributed by atoms with van der Waals surface area (Å²) in [5.74, 6) is 0.436. The van der Waals surface area contributed by atoms with Gasteiger partial charge in [0.25, 0.3) is 0 Å². The van der Waals surface area contributed by atoms with E-state index in [4.69, 9.17) is 10.2 Å². The number of aryl methyl sites for hydroxylation is 1. The fourth-order valence-corrected chi connectivity index (χ4v) is 1.75. The third-order valence-corrected chi connectivity index (χ3v) is 2.70. The van der Waals surface area contributed by atoms with Crippen molar-refractivity contribution in [1.82, 2.24) is 4.98 Å². The van der Waals surface area contributed by atoms with E-state index in [-0.39, 0.29) is 11.9 Å². The largest absolute Gasteiger partial charge is 0.445 e. The van der Waals surface area contributed by atoms with Crippen LogP contribution < -0.4 is 11.1 Å². The molecule has 0 spiro atoms. The third-order valence-electron chi connectivity index (χ3n) is 2.70. The van der Waals surface area contributed by atoms with Crippen molar-refractivity contribution >= 4 is 11.6 Å². The number of anilines is 1. The molecule has 0 saturated heterocycles. The maximum Gasteiger partial charge on any atom is 0.225 e. The lowest BCUT2D eigenvalue weighted by Crippen LogP contribution is -2.24. The first kappa shape index (κ1) is 13.3. The monoisotopic (exact) mass is 259 g/mol. The molecule has 0 radical (unpaired) electrons. The Labute approximate surface area is 111 Å². The predicted molar refractivity (Wildman–Crippen MR) is 73.6 cm³/mol. The molecule has 0 aliphatic carbocycles. The molecule has 5 heteroatoms. The van der Waals surface area contributed by atoms with E-state index in [9.17, 15) is 4.79 Å². The first-order chi connectivity index (χ1) is 9.06. The average molecular weight is 259 g/mol. The van der Waals surface area contributed by atoms with E-state index in [1.165, 1.54) is 6.26 Å². The van der Waals surface area contributed by atoms with Crippen LogP contribution in [0.2, 0.25) is 0 Å². The van der Waals surface area contributed by atoms with Gasteiger partial charge < -0.3 is 15.5 Å². The zero-order chi connectivity index (χ0) is 13.8. The van der Waals surface area contributed by atoms with Gasteiger partial charge >= 0.3 is 0 Å². The Bertz CT molecular complexity index is 562. The van der Waals surface area contributed by atoms with E-state index in [0.29, 0.717) is 12.3 Å². The number of aromatic nitrogens is 1. The Morgan fingerprint density at radius 3 is 2.95 bits per heavy atom. The first-order valence-corrected chi connectivity index (χ1v) is 6.12. The maximum absolute atomic E-state index is 11.7. The molecule has 1 atom stereocenters. The number of nitrogens with one attached hydrogen (secondary N) is 1. The molecule has 5 nitrogen and oxygen atoms in total. The van der Waals surface area contributed by atoms with Gasteiger partial charge in [-0.3, -0.25) is 4.79 Å². The molecule has 19 heavy (non-hydrogen) atoms. The Hall–Kier alpha value is -2.14. The van der Waals surface area contributed by atoms with Crippen molar-refractivity contribution in [2.24, 2.45) is 5.73 Å². The molecule has 2 rings (SSSR count). The number of carbonyl (C=O) groups is 1. The lowest BCUT2D eigenvalue weighted by atomic mass is 10.1. The van der Waals surface area contributed by atoms with Crippen LogP contribution in [0.4, 0.5) is 5.69 Å². The van der Waals surface area contributed by atoms with Crippen LogP contribution in [0.5, 0.6) is 0 Å². The topological polar surface area (TPSA) is 81.2 Å². The van der Waals surface area contributed by atoms with Gasteiger partial charge in [0, 0.05) is 23.7 Å². The molecule has 1 aromatic carbocycles. The van der Waals surface area contributed by atoms with Gasteiger partial charge in [0.15, 0.2) is 0 Å². The summed E-state index contributed by atoms with van der Waals surface area (Å²) in [6.45, 7) is 3.73. The standard InChI is InChI=1S/C14H17N3O2/c1-9-3-4-11(14-16-5-6-19-14)8-12(9)17-13(18)7-10(2)15/h3-6,8,10H,7,15H2,1-2H3,(H,17,18). The minimum absolute atomic E-state index is 0.0948. The molecule has 2 aromatic rings. The number of carbonyl (C=O) groups excluding carboxylic acids is 1. The van der Waals surface area contributed by atoms with Crippen LogP contribution in [0.1, 0.15) is 18.9 Å². The van der Waals surface area contributed by atoms with Crippen LogP contribution in [-0.4, -0.2) is 16.9 Å².